The first-order valence-corrected chi connectivity index (χ1v) is 9.95. The molecule has 2 heterocycles. The first-order chi connectivity index (χ1) is 13.0. The lowest BCUT2D eigenvalue weighted by molar-refractivity contribution is 0.167. The molecule has 27 heavy (non-hydrogen) atoms. The van der Waals surface area contributed by atoms with Gasteiger partial charge in [0.25, 0.3) is 0 Å². The normalized spacial score (nSPS) is 15.4. The van der Waals surface area contributed by atoms with E-state index in [0.29, 0.717) is 17.9 Å². The second-order valence-corrected chi connectivity index (χ2v) is 7.83. The zero-order valence-corrected chi connectivity index (χ0v) is 16.8. The SMILES string of the molecule is CC(C)N(CCn1ncc2c(NC(=O)NC3CCCC3)ncnc21)C(C)C. The van der Waals surface area contributed by atoms with Crippen molar-refractivity contribution < 1.29 is 4.79 Å². The summed E-state index contributed by atoms with van der Waals surface area (Å²) in [7, 11) is 0. The number of urea groups is 1. The second-order valence-electron chi connectivity index (χ2n) is 7.83. The number of nitrogens with one attached hydrogen (secondary N) is 2. The molecule has 0 aromatic carbocycles. The van der Waals surface area contributed by atoms with Crippen molar-refractivity contribution >= 4 is 22.9 Å². The standard InChI is InChI=1S/C19H31N7O/c1-13(2)25(14(3)4)9-10-26-18-16(11-22-26)17(20-12-21-18)24-19(27)23-15-7-5-6-8-15/h11-15H,5-10H2,1-4H3,(H2,20,21,23,24,27). The third kappa shape index (κ3) is 4.74. The number of hydrogen-bond acceptors (Lipinski definition) is 5. The number of fused-ring (bicyclic) bond motifs is 1. The Morgan fingerprint density at radius 3 is 2.59 bits per heavy atom. The number of hydrogen-bond donors (Lipinski definition) is 2. The summed E-state index contributed by atoms with van der Waals surface area (Å²) in [5.74, 6) is 0.506. The van der Waals surface area contributed by atoms with Crippen molar-refractivity contribution in [3.05, 3.63) is 12.5 Å². The molecule has 2 aromatic heterocycles. The molecule has 1 saturated carbocycles. The van der Waals surface area contributed by atoms with Gasteiger partial charge >= 0.3 is 6.03 Å². The lowest BCUT2D eigenvalue weighted by Crippen LogP contribution is -2.39. The van der Waals surface area contributed by atoms with Crippen LogP contribution in [0, 0.1) is 0 Å². The molecule has 1 fully saturated rings. The highest BCUT2D eigenvalue weighted by Gasteiger charge is 2.19. The van der Waals surface area contributed by atoms with Crippen LogP contribution in [-0.4, -0.2) is 55.3 Å². The smallest absolute Gasteiger partial charge is 0.320 e. The van der Waals surface area contributed by atoms with Gasteiger partial charge in [-0.2, -0.15) is 5.10 Å². The van der Waals surface area contributed by atoms with E-state index in [1.807, 2.05) is 4.68 Å². The monoisotopic (exact) mass is 373 g/mol. The summed E-state index contributed by atoms with van der Waals surface area (Å²) in [5, 5.41) is 11.1. The van der Waals surface area contributed by atoms with Crippen LogP contribution in [-0.2, 0) is 6.54 Å². The zero-order valence-electron chi connectivity index (χ0n) is 16.8. The first-order valence-electron chi connectivity index (χ1n) is 9.95. The first kappa shape index (κ1) is 19.5. The molecular formula is C19H31N7O. The van der Waals surface area contributed by atoms with E-state index in [1.165, 1.54) is 19.2 Å². The predicted octanol–water partition coefficient (Wildman–Crippen LogP) is 3.01. The van der Waals surface area contributed by atoms with E-state index in [4.69, 9.17) is 0 Å². The molecule has 1 aliphatic rings. The lowest BCUT2D eigenvalue weighted by Gasteiger charge is -2.30. The van der Waals surface area contributed by atoms with Gasteiger partial charge in [0, 0.05) is 24.7 Å². The molecule has 0 unspecified atom stereocenters. The molecule has 8 nitrogen and oxygen atoms in total. The van der Waals surface area contributed by atoms with Crippen molar-refractivity contribution in [2.24, 2.45) is 0 Å². The number of carbonyl (C=O) groups excluding carboxylic acids is 1. The summed E-state index contributed by atoms with van der Waals surface area (Å²) < 4.78 is 1.88. The van der Waals surface area contributed by atoms with Gasteiger partial charge in [0.05, 0.1) is 18.1 Å². The molecule has 0 aliphatic heterocycles. The third-order valence-corrected chi connectivity index (χ3v) is 5.25. The second kappa shape index (κ2) is 8.65. The van der Waals surface area contributed by atoms with Crippen molar-refractivity contribution in [3.63, 3.8) is 0 Å². The van der Waals surface area contributed by atoms with Gasteiger partial charge in [-0.05, 0) is 40.5 Å². The van der Waals surface area contributed by atoms with Crippen molar-refractivity contribution in [1.29, 1.82) is 0 Å². The number of rotatable bonds is 7. The average Bonchev–Trinajstić information content (AvgIpc) is 3.25. The molecule has 0 spiro atoms. The van der Waals surface area contributed by atoms with Crippen LogP contribution in [0.2, 0.25) is 0 Å². The maximum atomic E-state index is 12.3. The number of anilines is 1. The Balaban J connectivity index is 1.69. The number of nitrogens with zero attached hydrogens (tertiary/aromatic N) is 5. The Morgan fingerprint density at radius 2 is 1.93 bits per heavy atom. The Labute approximate surface area is 160 Å². The third-order valence-electron chi connectivity index (χ3n) is 5.25. The van der Waals surface area contributed by atoms with Gasteiger partial charge in [-0.25, -0.2) is 19.4 Å². The topological polar surface area (TPSA) is 88.0 Å². The van der Waals surface area contributed by atoms with Crippen LogP contribution in [0.1, 0.15) is 53.4 Å². The summed E-state index contributed by atoms with van der Waals surface area (Å²) in [6, 6.07) is 1.000. The predicted molar refractivity (Wildman–Crippen MR) is 107 cm³/mol. The van der Waals surface area contributed by atoms with E-state index in [9.17, 15) is 4.79 Å². The molecule has 2 N–H and O–H groups in total. The van der Waals surface area contributed by atoms with Crippen LogP contribution >= 0.6 is 0 Å². The maximum absolute atomic E-state index is 12.3. The van der Waals surface area contributed by atoms with Gasteiger partial charge in [0.1, 0.15) is 12.1 Å². The number of carbonyl (C=O) groups is 1. The molecule has 0 saturated heterocycles. The van der Waals surface area contributed by atoms with Crippen molar-refractivity contribution in [3.8, 4) is 0 Å². The van der Waals surface area contributed by atoms with Gasteiger partial charge in [-0.3, -0.25) is 10.2 Å². The molecule has 0 radical (unpaired) electrons. The number of amides is 2. The fourth-order valence-corrected chi connectivity index (χ4v) is 3.88. The van der Waals surface area contributed by atoms with E-state index in [2.05, 4.69) is 58.3 Å². The molecule has 3 rings (SSSR count). The summed E-state index contributed by atoms with van der Waals surface area (Å²) in [4.78, 5) is 23.3. The highest BCUT2D eigenvalue weighted by atomic mass is 16.2. The van der Waals surface area contributed by atoms with E-state index < -0.39 is 0 Å². The Kier molecular flexibility index (Phi) is 6.26. The van der Waals surface area contributed by atoms with E-state index >= 15 is 0 Å². The Morgan fingerprint density at radius 1 is 1.22 bits per heavy atom. The molecule has 1 aliphatic carbocycles. The quantitative estimate of drug-likeness (QED) is 0.779. The highest BCUT2D eigenvalue weighted by Crippen LogP contribution is 2.20. The summed E-state index contributed by atoms with van der Waals surface area (Å²) in [5.41, 5.74) is 0.744. The average molecular weight is 374 g/mol. The molecule has 148 valence electrons. The zero-order chi connectivity index (χ0) is 19.4. The molecule has 2 aromatic rings. The molecule has 0 bridgehead atoms. The minimum Gasteiger partial charge on any atom is -0.335 e. The van der Waals surface area contributed by atoms with Gasteiger partial charge in [0.15, 0.2) is 5.65 Å². The van der Waals surface area contributed by atoms with Crippen LogP contribution < -0.4 is 10.6 Å². The van der Waals surface area contributed by atoms with E-state index in [0.717, 1.165) is 37.0 Å². The van der Waals surface area contributed by atoms with E-state index in [1.54, 1.807) is 6.20 Å². The van der Waals surface area contributed by atoms with Crippen LogP contribution in [0.5, 0.6) is 0 Å². The van der Waals surface area contributed by atoms with Crippen LogP contribution in [0.3, 0.4) is 0 Å². The molecular weight excluding hydrogens is 342 g/mol. The van der Waals surface area contributed by atoms with Crippen molar-refractivity contribution in [2.75, 3.05) is 11.9 Å². The summed E-state index contributed by atoms with van der Waals surface area (Å²) >= 11 is 0. The van der Waals surface area contributed by atoms with Crippen LogP contribution in [0.25, 0.3) is 11.0 Å². The fourth-order valence-electron chi connectivity index (χ4n) is 3.88. The van der Waals surface area contributed by atoms with Crippen molar-refractivity contribution in [1.82, 2.24) is 30.0 Å². The Bertz CT molecular complexity index is 757. The van der Waals surface area contributed by atoms with Crippen LogP contribution in [0.4, 0.5) is 10.6 Å². The molecule has 8 heteroatoms. The van der Waals surface area contributed by atoms with E-state index in [-0.39, 0.29) is 12.1 Å². The molecule has 2 amide bonds. The van der Waals surface area contributed by atoms with Gasteiger partial charge < -0.3 is 5.32 Å². The van der Waals surface area contributed by atoms with Gasteiger partial charge in [0.2, 0.25) is 0 Å². The summed E-state index contributed by atoms with van der Waals surface area (Å²) in [6.07, 6.45) is 7.67. The maximum Gasteiger partial charge on any atom is 0.320 e. The molecule has 0 atom stereocenters. The Hall–Kier alpha value is -2.22. The fraction of sp³-hybridized carbons (Fsp3) is 0.684. The highest BCUT2D eigenvalue weighted by molar-refractivity contribution is 5.97. The number of aromatic nitrogens is 4. The van der Waals surface area contributed by atoms with Gasteiger partial charge in [-0.15, -0.1) is 0 Å². The van der Waals surface area contributed by atoms with Crippen molar-refractivity contribution in [2.45, 2.75) is 78.0 Å². The summed E-state index contributed by atoms with van der Waals surface area (Å²) in [6.45, 7) is 10.4. The minimum atomic E-state index is -0.208. The minimum absolute atomic E-state index is 0.208. The van der Waals surface area contributed by atoms with Gasteiger partial charge in [-0.1, -0.05) is 12.8 Å². The van der Waals surface area contributed by atoms with Crippen LogP contribution in [0.15, 0.2) is 12.5 Å². The largest absolute Gasteiger partial charge is 0.335 e. The lowest BCUT2D eigenvalue weighted by atomic mass is 10.2.